The lowest BCUT2D eigenvalue weighted by Crippen LogP contribution is -2.34. The fraction of sp³-hybridized carbons (Fsp3) is 0.303. The predicted octanol–water partition coefficient (Wildman–Crippen LogP) is 7.07. The van der Waals surface area contributed by atoms with Gasteiger partial charge in [0.15, 0.2) is 5.76 Å². The number of nitrogens with zero attached hydrogens (tertiary/aromatic N) is 2. The number of para-hydroxylation sites is 1. The predicted molar refractivity (Wildman–Crippen MR) is 153 cm³/mol. The molecule has 0 bridgehead atoms. The van der Waals surface area contributed by atoms with Crippen molar-refractivity contribution in [3.05, 3.63) is 95.7 Å². The van der Waals surface area contributed by atoms with Crippen molar-refractivity contribution in [1.82, 2.24) is 5.16 Å². The number of likely N-dealkylation sites (N-methyl/N-ethyl adjacent to an activating group) is 1. The molecule has 3 aromatic carbocycles. The van der Waals surface area contributed by atoms with Gasteiger partial charge in [0.05, 0.1) is 23.6 Å². The van der Waals surface area contributed by atoms with E-state index in [1.54, 1.807) is 4.90 Å². The lowest BCUT2D eigenvalue weighted by atomic mass is 9.92. The molecule has 1 heterocycles. The zero-order valence-electron chi connectivity index (χ0n) is 22.9. The maximum atomic E-state index is 13.6. The Balaban J connectivity index is 1.37. The molecule has 1 amide bonds. The minimum atomic E-state index is -0.471. The Kier molecular flexibility index (Phi) is 7.38. The number of hydrogen-bond acceptors (Lipinski definition) is 5. The van der Waals surface area contributed by atoms with E-state index in [1.807, 2.05) is 94.4 Å². The van der Waals surface area contributed by atoms with Gasteiger partial charge in [-0.2, -0.15) is 0 Å². The first-order valence-electron chi connectivity index (χ1n) is 13.6. The van der Waals surface area contributed by atoms with Gasteiger partial charge in [-0.15, -0.1) is 0 Å². The second-order valence-electron chi connectivity index (χ2n) is 10.1. The minimum Gasteiger partial charge on any atom is -0.465 e. The molecule has 6 nitrogen and oxygen atoms in total. The molecule has 1 aliphatic rings. The Hall–Kier alpha value is -4.19. The van der Waals surface area contributed by atoms with E-state index in [1.165, 1.54) is 0 Å². The number of carbonyl (C=O) groups excluding carboxylic acids is 2. The second-order valence-corrected chi connectivity index (χ2v) is 10.1. The number of hydrogen-bond donors (Lipinski definition) is 0. The third-order valence-electron chi connectivity index (χ3n) is 7.70. The van der Waals surface area contributed by atoms with Gasteiger partial charge in [-0.05, 0) is 69.4 Å². The highest BCUT2D eigenvalue weighted by Crippen LogP contribution is 2.49. The number of esters is 1. The molecular formula is C33H34N2O4. The molecule has 6 heteroatoms. The Labute approximate surface area is 229 Å². The van der Waals surface area contributed by atoms with Gasteiger partial charge in [-0.25, -0.2) is 0 Å². The summed E-state index contributed by atoms with van der Waals surface area (Å²) in [6, 6.07) is 26.0. The third-order valence-corrected chi connectivity index (χ3v) is 7.70. The zero-order valence-corrected chi connectivity index (χ0v) is 22.9. The lowest BCUT2D eigenvalue weighted by Gasteiger charge is -2.24. The maximum absolute atomic E-state index is 13.6. The lowest BCUT2D eigenvalue weighted by molar-refractivity contribution is -0.146. The summed E-state index contributed by atoms with van der Waals surface area (Å²) in [5.74, 6) is 0.0697. The van der Waals surface area contributed by atoms with Crippen molar-refractivity contribution < 1.29 is 18.8 Å². The summed E-state index contributed by atoms with van der Waals surface area (Å²) < 4.78 is 11.1. The highest BCUT2D eigenvalue weighted by atomic mass is 16.5. The Bertz CT molecular complexity index is 1450. The number of rotatable bonds is 9. The molecule has 1 fully saturated rings. The molecule has 0 N–H and O–H groups in total. The van der Waals surface area contributed by atoms with Crippen LogP contribution in [0.25, 0.3) is 22.5 Å². The van der Waals surface area contributed by atoms with Crippen LogP contribution >= 0.6 is 0 Å². The molecular weight excluding hydrogens is 488 g/mol. The molecule has 39 heavy (non-hydrogen) atoms. The Morgan fingerprint density at radius 3 is 2.08 bits per heavy atom. The van der Waals surface area contributed by atoms with E-state index < -0.39 is 11.3 Å². The third kappa shape index (κ3) is 4.99. The molecule has 1 saturated carbocycles. The van der Waals surface area contributed by atoms with Crippen LogP contribution in [0.1, 0.15) is 56.4 Å². The number of aromatic nitrogens is 1. The van der Waals surface area contributed by atoms with E-state index in [0.717, 1.165) is 46.3 Å². The van der Waals surface area contributed by atoms with Crippen LogP contribution in [-0.4, -0.2) is 30.2 Å². The molecule has 1 aromatic heterocycles. The molecule has 1 unspecified atom stereocenters. The van der Waals surface area contributed by atoms with E-state index in [9.17, 15) is 9.59 Å². The fourth-order valence-corrected chi connectivity index (χ4v) is 5.33. The van der Waals surface area contributed by atoms with Crippen molar-refractivity contribution in [2.75, 3.05) is 18.1 Å². The standard InChI is InChI=1S/C33H34N2O4/c1-5-35(28-10-8-7-9-11-28)31(36)22(3)29-23(4)34-39-30(29)26-14-12-24(13-15-26)25-16-18-27(19-17-25)33(20-21-33)32(37)38-6-2/h7-19,22H,5-6,20-21H2,1-4H3. The average molecular weight is 523 g/mol. The fourth-order valence-electron chi connectivity index (χ4n) is 5.33. The van der Waals surface area contributed by atoms with Crippen molar-refractivity contribution in [1.29, 1.82) is 0 Å². The van der Waals surface area contributed by atoms with Crippen LogP contribution in [0.2, 0.25) is 0 Å². The summed E-state index contributed by atoms with van der Waals surface area (Å²) >= 11 is 0. The van der Waals surface area contributed by atoms with E-state index in [2.05, 4.69) is 17.3 Å². The van der Waals surface area contributed by atoms with E-state index in [0.29, 0.717) is 24.6 Å². The molecule has 200 valence electrons. The van der Waals surface area contributed by atoms with Gasteiger partial charge in [0, 0.05) is 23.4 Å². The van der Waals surface area contributed by atoms with Gasteiger partial charge in [0.2, 0.25) is 5.91 Å². The summed E-state index contributed by atoms with van der Waals surface area (Å²) in [6.45, 7) is 8.58. The topological polar surface area (TPSA) is 72.6 Å². The molecule has 1 atom stereocenters. The molecule has 5 rings (SSSR count). The molecule has 0 radical (unpaired) electrons. The summed E-state index contributed by atoms with van der Waals surface area (Å²) in [6.07, 6.45) is 1.67. The molecule has 4 aromatic rings. The molecule has 0 spiro atoms. The van der Waals surface area contributed by atoms with Crippen LogP contribution in [0.3, 0.4) is 0 Å². The van der Waals surface area contributed by atoms with Gasteiger partial charge in [0.25, 0.3) is 0 Å². The van der Waals surface area contributed by atoms with Crippen molar-refractivity contribution >= 4 is 17.6 Å². The molecule has 1 aliphatic carbocycles. The molecule has 0 saturated heterocycles. The minimum absolute atomic E-state index is 0.00390. The van der Waals surface area contributed by atoms with Gasteiger partial charge in [-0.3, -0.25) is 9.59 Å². The van der Waals surface area contributed by atoms with Gasteiger partial charge >= 0.3 is 5.97 Å². The summed E-state index contributed by atoms with van der Waals surface area (Å²) in [5.41, 5.74) is 5.91. The first kappa shape index (κ1) is 26.4. The van der Waals surface area contributed by atoms with Crippen LogP contribution in [0, 0.1) is 6.92 Å². The van der Waals surface area contributed by atoms with Crippen molar-refractivity contribution in [2.45, 2.75) is 51.9 Å². The number of carbonyl (C=O) groups is 2. The van der Waals surface area contributed by atoms with Crippen LogP contribution in [0.5, 0.6) is 0 Å². The number of aryl methyl sites for hydroxylation is 1. The first-order valence-corrected chi connectivity index (χ1v) is 13.6. The quantitative estimate of drug-likeness (QED) is 0.220. The summed E-state index contributed by atoms with van der Waals surface area (Å²) in [7, 11) is 0. The van der Waals surface area contributed by atoms with Crippen LogP contribution in [0.4, 0.5) is 5.69 Å². The zero-order chi connectivity index (χ0) is 27.6. The summed E-state index contributed by atoms with van der Waals surface area (Å²) in [5, 5.41) is 4.22. The highest BCUT2D eigenvalue weighted by molar-refractivity contribution is 5.98. The van der Waals surface area contributed by atoms with Gasteiger partial charge in [-0.1, -0.05) is 71.9 Å². The number of amides is 1. The monoisotopic (exact) mass is 522 g/mol. The maximum Gasteiger partial charge on any atom is 0.316 e. The number of anilines is 1. The van der Waals surface area contributed by atoms with Crippen LogP contribution < -0.4 is 4.90 Å². The molecule has 0 aliphatic heterocycles. The summed E-state index contributed by atoms with van der Waals surface area (Å²) in [4.78, 5) is 27.8. The number of benzene rings is 3. The van der Waals surface area contributed by atoms with E-state index in [-0.39, 0.29) is 11.9 Å². The normalized spacial score (nSPS) is 14.5. The number of ether oxygens (including phenoxy) is 1. The Morgan fingerprint density at radius 1 is 0.923 bits per heavy atom. The second kappa shape index (κ2) is 10.9. The van der Waals surface area contributed by atoms with E-state index >= 15 is 0 Å². The first-order chi connectivity index (χ1) is 18.9. The average Bonchev–Trinajstić information content (AvgIpc) is 3.70. The SMILES string of the molecule is CCOC(=O)C1(c2ccc(-c3ccc(-c4onc(C)c4C(C)C(=O)N(CC)c4ccccc4)cc3)cc2)CC1. The Morgan fingerprint density at radius 2 is 1.51 bits per heavy atom. The van der Waals surface area contributed by atoms with Crippen molar-refractivity contribution in [2.24, 2.45) is 0 Å². The van der Waals surface area contributed by atoms with Crippen LogP contribution in [-0.2, 0) is 19.7 Å². The largest absolute Gasteiger partial charge is 0.465 e. The van der Waals surface area contributed by atoms with Crippen molar-refractivity contribution in [3.63, 3.8) is 0 Å². The van der Waals surface area contributed by atoms with Crippen molar-refractivity contribution in [3.8, 4) is 22.5 Å². The van der Waals surface area contributed by atoms with Crippen LogP contribution in [0.15, 0.2) is 83.4 Å². The van der Waals surface area contributed by atoms with Gasteiger partial charge in [0.1, 0.15) is 0 Å². The smallest absolute Gasteiger partial charge is 0.316 e. The van der Waals surface area contributed by atoms with Gasteiger partial charge < -0.3 is 14.2 Å². The van der Waals surface area contributed by atoms with E-state index in [4.69, 9.17) is 9.26 Å². The highest BCUT2D eigenvalue weighted by Gasteiger charge is 2.52.